The van der Waals surface area contributed by atoms with Crippen LogP contribution in [-0.2, 0) is 4.79 Å². The van der Waals surface area contributed by atoms with Crippen molar-refractivity contribution in [3.63, 3.8) is 0 Å². The van der Waals surface area contributed by atoms with Crippen molar-refractivity contribution >= 4 is 34.1 Å². The van der Waals surface area contributed by atoms with E-state index in [9.17, 15) is 4.79 Å². The Morgan fingerprint density at radius 3 is 2.47 bits per heavy atom. The number of carbonyl (C=O) groups excluding carboxylic acids is 1. The van der Waals surface area contributed by atoms with Crippen LogP contribution in [0, 0.1) is 6.92 Å². The van der Waals surface area contributed by atoms with E-state index in [1.807, 2.05) is 0 Å². The number of rotatable bonds is 6. The molecule has 2 aliphatic rings. The van der Waals surface area contributed by atoms with E-state index in [0.717, 1.165) is 42.0 Å². The molecule has 2 aromatic rings. The number of nitrogens with zero attached hydrogens (tertiary/aromatic N) is 2. The Hall–Kier alpha value is -2.80. The molecular formula is C25H29N3O3S. The number of anilines is 1. The first-order valence-electron chi connectivity index (χ1n) is 10.9. The molecule has 0 atom stereocenters. The second-order valence-electron chi connectivity index (χ2n) is 8.19. The van der Waals surface area contributed by atoms with Gasteiger partial charge in [0.1, 0.15) is 16.5 Å². The standard InChI is InChI=1S/C25H29N3O3S/c1-17-7-9-18(10-8-17)23-24(28-25(27-23)13-5-4-6-14-25)32-16-22(29)26-20-15-19(30-2)11-12-21(20)31-3/h7-12,15H,4-6,13-14,16H2,1-3H3,(H,26,29). The molecule has 2 aromatic carbocycles. The van der Waals surface area contributed by atoms with E-state index < -0.39 is 0 Å². The molecule has 7 heteroatoms. The van der Waals surface area contributed by atoms with Crippen LogP contribution in [0.15, 0.2) is 52.4 Å². The minimum atomic E-state index is -0.354. The highest BCUT2D eigenvalue weighted by Crippen LogP contribution is 2.39. The van der Waals surface area contributed by atoms with Crippen molar-refractivity contribution in [2.75, 3.05) is 25.3 Å². The number of amides is 1. The van der Waals surface area contributed by atoms with Gasteiger partial charge in [-0.1, -0.05) is 48.0 Å². The summed E-state index contributed by atoms with van der Waals surface area (Å²) in [6, 6.07) is 13.7. The Kier molecular flexibility index (Phi) is 6.84. The number of ether oxygens (including phenoxy) is 2. The van der Waals surface area contributed by atoms with E-state index in [-0.39, 0.29) is 17.3 Å². The van der Waals surface area contributed by atoms with Crippen molar-refractivity contribution < 1.29 is 14.3 Å². The van der Waals surface area contributed by atoms with Crippen molar-refractivity contribution in [2.45, 2.75) is 44.7 Å². The molecule has 0 saturated heterocycles. The average molecular weight is 452 g/mol. The van der Waals surface area contributed by atoms with Gasteiger partial charge < -0.3 is 14.8 Å². The third-order valence-corrected chi connectivity index (χ3v) is 6.80. The Balaban J connectivity index is 1.50. The first kappa shape index (κ1) is 22.4. The lowest BCUT2D eigenvalue weighted by Gasteiger charge is -2.27. The molecule has 1 fully saturated rings. The molecule has 1 aliphatic carbocycles. The zero-order valence-electron chi connectivity index (χ0n) is 18.8. The SMILES string of the molecule is COc1ccc(OC)c(NC(=O)CSC2=NC3(CCCCC3)N=C2c2ccc(C)cc2)c1. The average Bonchev–Trinajstić information content (AvgIpc) is 3.16. The van der Waals surface area contributed by atoms with Crippen molar-refractivity contribution in [1.82, 2.24) is 0 Å². The Morgan fingerprint density at radius 1 is 1.03 bits per heavy atom. The van der Waals surface area contributed by atoms with Crippen LogP contribution >= 0.6 is 11.8 Å². The van der Waals surface area contributed by atoms with Gasteiger partial charge >= 0.3 is 0 Å². The maximum absolute atomic E-state index is 12.8. The van der Waals surface area contributed by atoms with E-state index in [1.54, 1.807) is 32.4 Å². The molecule has 6 nitrogen and oxygen atoms in total. The number of aryl methyl sites for hydroxylation is 1. The molecular weight excluding hydrogens is 422 g/mol. The van der Waals surface area contributed by atoms with Crippen LogP contribution in [0.5, 0.6) is 11.5 Å². The van der Waals surface area contributed by atoms with E-state index in [4.69, 9.17) is 19.5 Å². The fourth-order valence-electron chi connectivity index (χ4n) is 4.10. The van der Waals surface area contributed by atoms with Crippen molar-refractivity contribution in [3.05, 3.63) is 53.6 Å². The molecule has 0 radical (unpaired) electrons. The van der Waals surface area contributed by atoms with Crippen LogP contribution < -0.4 is 14.8 Å². The fourth-order valence-corrected chi connectivity index (χ4v) is 4.97. The molecule has 0 bridgehead atoms. The number of nitrogens with one attached hydrogen (secondary N) is 1. The van der Waals surface area contributed by atoms with Gasteiger partial charge in [-0.25, -0.2) is 4.99 Å². The number of thioether (sulfide) groups is 1. The summed E-state index contributed by atoms with van der Waals surface area (Å²) in [5.41, 5.74) is 3.40. The third kappa shape index (κ3) is 4.99. The smallest absolute Gasteiger partial charge is 0.234 e. The fraction of sp³-hybridized carbons (Fsp3) is 0.400. The minimum Gasteiger partial charge on any atom is -0.497 e. The highest BCUT2D eigenvalue weighted by Gasteiger charge is 2.37. The van der Waals surface area contributed by atoms with Crippen LogP contribution in [-0.4, -0.2) is 42.3 Å². The first-order chi connectivity index (χ1) is 15.5. The van der Waals surface area contributed by atoms with E-state index >= 15 is 0 Å². The van der Waals surface area contributed by atoms with Crippen molar-refractivity contribution in [2.24, 2.45) is 9.98 Å². The van der Waals surface area contributed by atoms with E-state index in [0.29, 0.717) is 17.2 Å². The molecule has 1 aliphatic heterocycles. The lowest BCUT2D eigenvalue weighted by atomic mass is 9.90. The monoisotopic (exact) mass is 451 g/mol. The van der Waals surface area contributed by atoms with Gasteiger partial charge in [0.05, 0.1) is 31.4 Å². The van der Waals surface area contributed by atoms with Gasteiger partial charge in [-0.15, -0.1) is 0 Å². The Labute approximate surface area is 193 Å². The zero-order valence-corrected chi connectivity index (χ0v) is 19.6. The topological polar surface area (TPSA) is 72.3 Å². The maximum atomic E-state index is 12.8. The van der Waals surface area contributed by atoms with Gasteiger partial charge in [0.25, 0.3) is 0 Å². The van der Waals surface area contributed by atoms with Crippen LogP contribution in [0.1, 0.15) is 43.2 Å². The second-order valence-corrected chi connectivity index (χ2v) is 9.15. The zero-order chi connectivity index (χ0) is 22.6. The molecule has 1 saturated carbocycles. The van der Waals surface area contributed by atoms with Gasteiger partial charge in [0.2, 0.25) is 5.91 Å². The molecule has 1 heterocycles. The normalized spacial score (nSPS) is 17.0. The number of methoxy groups -OCH3 is 2. The minimum absolute atomic E-state index is 0.128. The summed E-state index contributed by atoms with van der Waals surface area (Å²) in [6.45, 7) is 2.07. The number of benzene rings is 2. The quantitative estimate of drug-likeness (QED) is 0.651. The van der Waals surface area contributed by atoms with Crippen molar-refractivity contribution in [1.29, 1.82) is 0 Å². The summed E-state index contributed by atoms with van der Waals surface area (Å²) in [4.78, 5) is 22.9. The largest absolute Gasteiger partial charge is 0.497 e. The Morgan fingerprint density at radius 2 is 1.78 bits per heavy atom. The molecule has 32 heavy (non-hydrogen) atoms. The third-order valence-electron chi connectivity index (χ3n) is 5.83. The molecule has 1 spiro atoms. The first-order valence-corrected chi connectivity index (χ1v) is 11.9. The van der Waals surface area contributed by atoms with Gasteiger partial charge in [0, 0.05) is 11.6 Å². The summed E-state index contributed by atoms with van der Waals surface area (Å²) in [7, 11) is 3.17. The second kappa shape index (κ2) is 9.77. The number of hydrogen-bond acceptors (Lipinski definition) is 6. The van der Waals surface area contributed by atoms with Crippen LogP contribution in [0.2, 0.25) is 0 Å². The summed E-state index contributed by atoms with van der Waals surface area (Å²) < 4.78 is 10.6. The predicted octanol–water partition coefficient (Wildman–Crippen LogP) is 5.25. The molecule has 1 amide bonds. The highest BCUT2D eigenvalue weighted by atomic mass is 32.2. The lowest BCUT2D eigenvalue weighted by molar-refractivity contribution is -0.113. The summed E-state index contributed by atoms with van der Waals surface area (Å²) in [6.07, 6.45) is 5.46. The number of carbonyl (C=O) groups is 1. The van der Waals surface area contributed by atoms with Crippen molar-refractivity contribution in [3.8, 4) is 11.5 Å². The molecule has 1 N–H and O–H groups in total. The molecule has 0 unspecified atom stereocenters. The highest BCUT2D eigenvalue weighted by molar-refractivity contribution is 8.16. The number of aliphatic imine (C=N–C) groups is 2. The van der Waals surface area contributed by atoms with Gasteiger partial charge in [-0.2, -0.15) is 0 Å². The molecule has 0 aromatic heterocycles. The lowest BCUT2D eigenvalue weighted by Crippen LogP contribution is -2.25. The van der Waals surface area contributed by atoms with Gasteiger partial charge in [-0.3, -0.25) is 9.79 Å². The van der Waals surface area contributed by atoms with Gasteiger partial charge in [0.15, 0.2) is 5.66 Å². The predicted molar refractivity (Wildman–Crippen MR) is 132 cm³/mol. The summed E-state index contributed by atoms with van der Waals surface area (Å²) in [5.74, 6) is 1.35. The number of hydrogen-bond donors (Lipinski definition) is 1. The molecule has 168 valence electrons. The maximum Gasteiger partial charge on any atom is 0.234 e. The summed E-state index contributed by atoms with van der Waals surface area (Å²) >= 11 is 1.44. The van der Waals surface area contributed by atoms with Crippen LogP contribution in [0.4, 0.5) is 5.69 Å². The van der Waals surface area contributed by atoms with E-state index in [2.05, 4.69) is 36.5 Å². The van der Waals surface area contributed by atoms with Crippen LogP contribution in [0.3, 0.4) is 0 Å². The van der Waals surface area contributed by atoms with E-state index in [1.165, 1.54) is 23.7 Å². The van der Waals surface area contributed by atoms with Gasteiger partial charge in [-0.05, 0) is 44.7 Å². The Bertz CT molecular complexity index is 1040. The van der Waals surface area contributed by atoms with Crippen LogP contribution in [0.25, 0.3) is 0 Å². The summed E-state index contributed by atoms with van der Waals surface area (Å²) in [5, 5.41) is 3.78. The molecule has 4 rings (SSSR count).